The molecule has 1 heterocycles. The molecule has 0 saturated carbocycles. The second kappa shape index (κ2) is 10.8. The molecule has 9 rings (SSSR count). The van der Waals surface area contributed by atoms with Gasteiger partial charge in [-0.2, -0.15) is 0 Å². The van der Waals surface area contributed by atoms with E-state index < -0.39 is 0 Å². The molecule has 0 aliphatic rings. The third-order valence-electron chi connectivity index (χ3n) is 9.05. The van der Waals surface area contributed by atoms with Crippen molar-refractivity contribution in [2.45, 2.75) is 0 Å². The Kier molecular flexibility index (Phi) is 6.17. The zero-order valence-electron chi connectivity index (χ0n) is 25.1. The fourth-order valence-corrected chi connectivity index (χ4v) is 6.95. The number of hydrogen-bond donors (Lipinski definition) is 0. The van der Waals surface area contributed by atoms with E-state index >= 15 is 0 Å². The van der Waals surface area contributed by atoms with Crippen molar-refractivity contribution >= 4 is 60.5 Å². The van der Waals surface area contributed by atoms with Crippen molar-refractivity contribution < 1.29 is 4.42 Å². The van der Waals surface area contributed by atoms with Crippen LogP contribution >= 0.6 is 0 Å². The predicted octanol–water partition coefficient (Wildman–Crippen LogP) is 12.7. The van der Waals surface area contributed by atoms with Gasteiger partial charge in [-0.05, 0) is 63.2 Å². The number of fused-ring (bicyclic) bond motifs is 8. The number of anilines is 3. The highest BCUT2D eigenvalue weighted by atomic mass is 16.3. The van der Waals surface area contributed by atoms with Gasteiger partial charge in [0.1, 0.15) is 5.58 Å². The van der Waals surface area contributed by atoms with Gasteiger partial charge in [0.2, 0.25) is 0 Å². The second-order valence-electron chi connectivity index (χ2n) is 11.7. The number of para-hydroxylation sites is 1. The van der Waals surface area contributed by atoms with E-state index in [1.54, 1.807) is 0 Å². The molecular formula is C44H29NO. The summed E-state index contributed by atoms with van der Waals surface area (Å²) in [7, 11) is 0. The molecule has 216 valence electrons. The first-order valence-electron chi connectivity index (χ1n) is 15.7. The van der Waals surface area contributed by atoms with Crippen LogP contribution in [-0.4, -0.2) is 0 Å². The molecule has 0 atom stereocenters. The molecule has 0 amide bonds. The fraction of sp³-hybridized carbons (Fsp3) is 0. The average Bonchev–Trinajstić information content (AvgIpc) is 3.54. The topological polar surface area (TPSA) is 16.4 Å². The van der Waals surface area contributed by atoms with E-state index in [-0.39, 0.29) is 0 Å². The van der Waals surface area contributed by atoms with Gasteiger partial charge in [0, 0.05) is 33.1 Å². The number of furan rings is 1. The van der Waals surface area contributed by atoms with E-state index in [0.29, 0.717) is 0 Å². The van der Waals surface area contributed by atoms with Gasteiger partial charge in [0.05, 0.1) is 5.69 Å². The van der Waals surface area contributed by atoms with Crippen molar-refractivity contribution in [2.24, 2.45) is 0 Å². The van der Waals surface area contributed by atoms with Gasteiger partial charge < -0.3 is 9.32 Å². The molecule has 8 aromatic carbocycles. The predicted molar refractivity (Wildman–Crippen MR) is 194 cm³/mol. The van der Waals surface area contributed by atoms with Gasteiger partial charge in [0.15, 0.2) is 5.58 Å². The highest BCUT2D eigenvalue weighted by Gasteiger charge is 2.25. The second-order valence-corrected chi connectivity index (χ2v) is 11.7. The third kappa shape index (κ3) is 4.19. The van der Waals surface area contributed by atoms with Gasteiger partial charge >= 0.3 is 0 Å². The lowest BCUT2D eigenvalue weighted by Crippen LogP contribution is -2.11. The lowest BCUT2D eigenvalue weighted by molar-refractivity contribution is 0.673. The quantitative estimate of drug-likeness (QED) is 0.186. The summed E-state index contributed by atoms with van der Waals surface area (Å²) in [5, 5.41) is 7.01. The Balaban J connectivity index is 1.40. The number of rotatable bonds is 5. The monoisotopic (exact) mass is 587 g/mol. The molecular weight excluding hydrogens is 558 g/mol. The Morgan fingerprint density at radius 3 is 1.50 bits per heavy atom. The standard InChI is InChI=1S/C44H29NO/c1-4-14-30(15-5-1)31-24-26-34(27-25-31)45(33-18-8-3-9-19-33)42-35(32-16-6-2-7-17-32)28-29-40-41-38-22-12-10-20-36(38)37-21-11-13-23-39(37)43(41)46-44(40)42/h1-29H. The van der Waals surface area contributed by atoms with Crippen molar-refractivity contribution in [3.8, 4) is 22.3 Å². The Labute approximate surface area is 267 Å². The van der Waals surface area contributed by atoms with Crippen LogP contribution in [0.25, 0.3) is 65.7 Å². The van der Waals surface area contributed by atoms with E-state index in [2.05, 4.69) is 181 Å². The summed E-state index contributed by atoms with van der Waals surface area (Å²) in [6, 6.07) is 62.4. The zero-order valence-corrected chi connectivity index (χ0v) is 25.1. The third-order valence-corrected chi connectivity index (χ3v) is 9.05. The van der Waals surface area contributed by atoms with Crippen LogP contribution in [0.1, 0.15) is 0 Å². The van der Waals surface area contributed by atoms with Crippen molar-refractivity contribution in [1.29, 1.82) is 0 Å². The van der Waals surface area contributed by atoms with Crippen molar-refractivity contribution in [2.75, 3.05) is 4.90 Å². The molecule has 46 heavy (non-hydrogen) atoms. The van der Waals surface area contributed by atoms with Crippen molar-refractivity contribution in [1.82, 2.24) is 0 Å². The molecule has 0 spiro atoms. The van der Waals surface area contributed by atoms with E-state index in [4.69, 9.17) is 4.42 Å². The molecule has 0 unspecified atom stereocenters. The first-order valence-corrected chi connectivity index (χ1v) is 15.7. The lowest BCUT2D eigenvalue weighted by atomic mass is 9.95. The normalized spacial score (nSPS) is 11.5. The van der Waals surface area contributed by atoms with E-state index in [0.717, 1.165) is 55.5 Å². The van der Waals surface area contributed by atoms with Crippen LogP contribution in [0, 0.1) is 0 Å². The summed E-state index contributed by atoms with van der Waals surface area (Å²) < 4.78 is 7.14. The van der Waals surface area contributed by atoms with Crippen LogP contribution in [0.3, 0.4) is 0 Å². The zero-order chi connectivity index (χ0) is 30.5. The summed E-state index contributed by atoms with van der Waals surface area (Å²) in [5.41, 5.74) is 9.56. The van der Waals surface area contributed by atoms with Gasteiger partial charge in [-0.1, -0.05) is 146 Å². The van der Waals surface area contributed by atoms with Gasteiger partial charge in [0.25, 0.3) is 0 Å². The maximum atomic E-state index is 7.14. The minimum atomic E-state index is 0.869. The Morgan fingerprint density at radius 1 is 0.326 bits per heavy atom. The molecule has 0 N–H and O–H groups in total. The summed E-state index contributed by atoms with van der Waals surface area (Å²) in [4.78, 5) is 2.35. The van der Waals surface area contributed by atoms with Gasteiger partial charge in [-0.3, -0.25) is 0 Å². The maximum absolute atomic E-state index is 7.14. The molecule has 2 nitrogen and oxygen atoms in total. The van der Waals surface area contributed by atoms with Crippen molar-refractivity contribution in [3.63, 3.8) is 0 Å². The first kappa shape index (κ1) is 26.3. The van der Waals surface area contributed by atoms with Crippen LogP contribution in [0.4, 0.5) is 17.1 Å². The van der Waals surface area contributed by atoms with E-state index in [9.17, 15) is 0 Å². The average molecular weight is 588 g/mol. The molecule has 0 aliphatic carbocycles. The van der Waals surface area contributed by atoms with Gasteiger partial charge in [-0.15, -0.1) is 0 Å². The number of hydrogen-bond acceptors (Lipinski definition) is 2. The van der Waals surface area contributed by atoms with E-state index in [1.807, 2.05) is 0 Å². The van der Waals surface area contributed by atoms with Crippen LogP contribution in [0.5, 0.6) is 0 Å². The smallest absolute Gasteiger partial charge is 0.160 e. The highest BCUT2D eigenvalue weighted by Crippen LogP contribution is 2.50. The minimum Gasteiger partial charge on any atom is -0.453 e. The Hall–Kier alpha value is -6.12. The number of nitrogens with zero attached hydrogens (tertiary/aromatic N) is 1. The molecule has 0 aliphatic heterocycles. The summed E-state index contributed by atoms with van der Waals surface area (Å²) in [5.74, 6) is 0. The summed E-state index contributed by atoms with van der Waals surface area (Å²) in [6.45, 7) is 0. The first-order chi connectivity index (χ1) is 22.8. The highest BCUT2D eigenvalue weighted by molar-refractivity contribution is 6.31. The Morgan fingerprint density at radius 2 is 0.826 bits per heavy atom. The molecule has 1 aromatic heterocycles. The fourth-order valence-electron chi connectivity index (χ4n) is 6.95. The van der Waals surface area contributed by atoms with Crippen LogP contribution < -0.4 is 4.90 Å². The SMILES string of the molecule is c1ccc(-c2ccc(N(c3ccccc3)c3c(-c4ccccc4)ccc4c3oc3c5ccccc5c5ccccc5c43)cc2)cc1. The van der Waals surface area contributed by atoms with E-state index in [1.165, 1.54) is 27.3 Å². The molecule has 2 heteroatoms. The summed E-state index contributed by atoms with van der Waals surface area (Å²) in [6.07, 6.45) is 0. The lowest BCUT2D eigenvalue weighted by Gasteiger charge is -2.28. The molecule has 0 saturated heterocycles. The van der Waals surface area contributed by atoms with Crippen LogP contribution in [0.15, 0.2) is 180 Å². The molecule has 0 radical (unpaired) electrons. The van der Waals surface area contributed by atoms with Crippen molar-refractivity contribution in [3.05, 3.63) is 176 Å². The Bertz CT molecular complexity index is 2500. The molecule has 0 bridgehead atoms. The molecule has 9 aromatic rings. The van der Waals surface area contributed by atoms with Crippen LogP contribution in [0.2, 0.25) is 0 Å². The summed E-state index contributed by atoms with van der Waals surface area (Å²) >= 11 is 0. The minimum absolute atomic E-state index is 0.869. The van der Waals surface area contributed by atoms with Gasteiger partial charge in [-0.25, -0.2) is 0 Å². The molecule has 0 fully saturated rings. The largest absolute Gasteiger partial charge is 0.453 e. The maximum Gasteiger partial charge on any atom is 0.160 e. The van der Waals surface area contributed by atoms with Crippen LogP contribution in [-0.2, 0) is 0 Å². The number of benzene rings is 8.